The molecule has 0 atom stereocenters. The Balaban J connectivity index is 1.96. The fourth-order valence-corrected chi connectivity index (χ4v) is 1.97. The van der Waals surface area contributed by atoms with E-state index in [0.717, 1.165) is 18.0 Å². The zero-order valence-corrected chi connectivity index (χ0v) is 12.4. The first-order chi connectivity index (χ1) is 9.69. The van der Waals surface area contributed by atoms with E-state index in [1.165, 1.54) is 11.1 Å². The molecular weight excluding hydrogens is 248 g/mol. The molecule has 0 saturated carbocycles. The highest BCUT2D eigenvalue weighted by molar-refractivity contribution is 5.30. The van der Waals surface area contributed by atoms with E-state index < -0.39 is 0 Å². The van der Waals surface area contributed by atoms with E-state index in [1.807, 2.05) is 31.4 Å². The molecule has 0 aliphatic heterocycles. The summed E-state index contributed by atoms with van der Waals surface area (Å²) in [6.45, 7) is 5.70. The molecule has 0 amide bonds. The molecule has 0 spiro atoms. The van der Waals surface area contributed by atoms with Gasteiger partial charge in [-0.2, -0.15) is 0 Å². The van der Waals surface area contributed by atoms with Gasteiger partial charge in [-0.05, 0) is 42.3 Å². The fourth-order valence-electron chi connectivity index (χ4n) is 1.97. The Morgan fingerprint density at radius 3 is 2.70 bits per heavy atom. The Morgan fingerprint density at radius 2 is 2.05 bits per heavy atom. The molecule has 106 valence electrons. The zero-order valence-electron chi connectivity index (χ0n) is 12.4. The summed E-state index contributed by atoms with van der Waals surface area (Å²) in [6, 6.07) is 12.3. The topological polar surface area (TPSA) is 34.1 Å². The number of pyridine rings is 1. The van der Waals surface area contributed by atoms with Gasteiger partial charge in [0.05, 0.1) is 5.69 Å². The first-order valence-electron chi connectivity index (χ1n) is 7.00. The van der Waals surface area contributed by atoms with Crippen LogP contribution in [0, 0.1) is 0 Å². The molecule has 0 unspecified atom stereocenters. The highest BCUT2D eigenvalue weighted by Crippen LogP contribution is 2.20. The highest BCUT2D eigenvalue weighted by Gasteiger charge is 2.02. The molecule has 3 heteroatoms. The molecule has 1 aromatic carbocycles. The van der Waals surface area contributed by atoms with Crippen LogP contribution in [-0.4, -0.2) is 12.0 Å². The van der Waals surface area contributed by atoms with Crippen LogP contribution in [0.5, 0.6) is 5.75 Å². The Bertz CT molecular complexity index is 535. The molecule has 1 N–H and O–H groups in total. The van der Waals surface area contributed by atoms with Gasteiger partial charge in [-0.3, -0.25) is 4.98 Å². The molecule has 0 saturated heterocycles. The van der Waals surface area contributed by atoms with Crippen molar-refractivity contribution in [3.05, 3.63) is 59.4 Å². The maximum Gasteiger partial charge on any atom is 0.130 e. The van der Waals surface area contributed by atoms with Crippen molar-refractivity contribution in [2.75, 3.05) is 7.05 Å². The molecule has 1 heterocycles. The molecule has 0 aliphatic carbocycles. The Morgan fingerprint density at radius 1 is 1.20 bits per heavy atom. The average Bonchev–Trinajstić information content (AvgIpc) is 2.47. The van der Waals surface area contributed by atoms with Gasteiger partial charge in [0.2, 0.25) is 0 Å². The third kappa shape index (κ3) is 4.07. The first-order valence-corrected chi connectivity index (χ1v) is 7.00. The predicted octanol–water partition coefficient (Wildman–Crippen LogP) is 3.50. The van der Waals surface area contributed by atoms with Crippen LogP contribution < -0.4 is 10.1 Å². The number of nitrogens with one attached hydrogen (secondary N) is 1. The van der Waals surface area contributed by atoms with Crippen molar-refractivity contribution in [3.63, 3.8) is 0 Å². The summed E-state index contributed by atoms with van der Waals surface area (Å²) >= 11 is 0. The molecule has 3 nitrogen and oxygen atoms in total. The Labute approximate surface area is 121 Å². The first kappa shape index (κ1) is 14.5. The third-order valence-corrected chi connectivity index (χ3v) is 3.18. The predicted molar refractivity (Wildman–Crippen MR) is 81.9 cm³/mol. The molecule has 2 aromatic rings. The minimum Gasteiger partial charge on any atom is -0.487 e. The molecule has 20 heavy (non-hydrogen) atoms. The number of nitrogens with zero attached hydrogens (tertiary/aromatic N) is 1. The lowest BCUT2D eigenvalue weighted by molar-refractivity contribution is 0.301. The quantitative estimate of drug-likeness (QED) is 0.872. The minimum absolute atomic E-state index is 0.501. The molecule has 2 rings (SSSR count). The van der Waals surface area contributed by atoms with Gasteiger partial charge < -0.3 is 10.1 Å². The summed E-state index contributed by atoms with van der Waals surface area (Å²) in [6.07, 6.45) is 1.89. The van der Waals surface area contributed by atoms with Crippen LogP contribution >= 0.6 is 0 Å². The van der Waals surface area contributed by atoms with E-state index in [9.17, 15) is 0 Å². The summed E-state index contributed by atoms with van der Waals surface area (Å²) in [5, 5.41) is 3.11. The van der Waals surface area contributed by atoms with Gasteiger partial charge in [-0.15, -0.1) is 0 Å². The summed E-state index contributed by atoms with van der Waals surface area (Å²) in [4.78, 5) is 4.40. The lowest BCUT2D eigenvalue weighted by atomic mass is 10.0. The van der Waals surface area contributed by atoms with Crippen molar-refractivity contribution in [3.8, 4) is 5.75 Å². The second-order valence-corrected chi connectivity index (χ2v) is 5.20. The van der Waals surface area contributed by atoms with Crippen molar-refractivity contribution >= 4 is 0 Å². The van der Waals surface area contributed by atoms with Gasteiger partial charge >= 0.3 is 0 Å². The molecule has 0 radical (unpaired) electrons. The smallest absolute Gasteiger partial charge is 0.130 e. The van der Waals surface area contributed by atoms with E-state index >= 15 is 0 Å². The molecule has 0 bridgehead atoms. The second kappa shape index (κ2) is 7.06. The highest BCUT2D eigenvalue weighted by atomic mass is 16.5. The molecular formula is C17H22N2O. The lowest BCUT2D eigenvalue weighted by Crippen LogP contribution is -2.06. The summed E-state index contributed by atoms with van der Waals surface area (Å²) < 4.78 is 5.80. The minimum atomic E-state index is 0.501. The average molecular weight is 270 g/mol. The van der Waals surface area contributed by atoms with E-state index in [4.69, 9.17) is 4.74 Å². The number of hydrogen-bond acceptors (Lipinski definition) is 3. The van der Waals surface area contributed by atoms with Crippen molar-refractivity contribution < 1.29 is 4.74 Å². The van der Waals surface area contributed by atoms with Crippen LogP contribution in [0.2, 0.25) is 0 Å². The van der Waals surface area contributed by atoms with Gasteiger partial charge in [0.15, 0.2) is 0 Å². The lowest BCUT2D eigenvalue weighted by Gasteiger charge is -2.10. The third-order valence-electron chi connectivity index (χ3n) is 3.18. The molecule has 0 aliphatic rings. The van der Waals surface area contributed by atoms with Crippen LogP contribution in [0.1, 0.15) is 36.6 Å². The van der Waals surface area contributed by atoms with E-state index in [2.05, 4.69) is 42.3 Å². The SMILES string of the molecule is CNCc1ccc(COc2cccc(C(C)C)c2)nc1. The number of aromatic nitrogens is 1. The maximum absolute atomic E-state index is 5.80. The van der Waals surface area contributed by atoms with Gasteiger partial charge in [-0.1, -0.05) is 32.0 Å². The largest absolute Gasteiger partial charge is 0.487 e. The maximum atomic E-state index is 5.80. The summed E-state index contributed by atoms with van der Waals surface area (Å²) in [5.74, 6) is 1.41. The summed E-state index contributed by atoms with van der Waals surface area (Å²) in [5.41, 5.74) is 3.41. The monoisotopic (exact) mass is 270 g/mol. The Kier molecular flexibility index (Phi) is 5.13. The molecule has 1 aromatic heterocycles. The molecule has 0 fully saturated rings. The standard InChI is InChI=1S/C17H22N2O/c1-13(2)15-5-4-6-17(9-15)20-12-16-8-7-14(10-18-3)11-19-16/h4-9,11,13,18H,10,12H2,1-3H3. The van der Waals surface area contributed by atoms with Crippen LogP contribution in [0.3, 0.4) is 0 Å². The number of rotatable bonds is 6. The van der Waals surface area contributed by atoms with Crippen LogP contribution in [0.4, 0.5) is 0 Å². The van der Waals surface area contributed by atoms with E-state index in [1.54, 1.807) is 0 Å². The van der Waals surface area contributed by atoms with Crippen molar-refractivity contribution in [2.24, 2.45) is 0 Å². The van der Waals surface area contributed by atoms with Crippen molar-refractivity contribution in [1.82, 2.24) is 10.3 Å². The van der Waals surface area contributed by atoms with Crippen LogP contribution in [0.15, 0.2) is 42.6 Å². The normalized spacial score (nSPS) is 10.8. The second-order valence-electron chi connectivity index (χ2n) is 5.20. The van der Waals surface area contributed by atoms with Crippen molar-refractivity contribution in [2.45, 2.75) is 32.9 Å². The fraction of sp³-hybridized carbons (Fsp3) is 0.353. The van der Waals surface area contributed by atoms with Gasteiger partial charge in [-0.25, -0.2) is 0 Å². The number of hydrogen-bond donors (Lipinski definition) is 1. The van der Waals surface area contributed by atoms with E-state index in [0.29, 0.717) is 12.5 Å². The van der Waals surface area contributed by atoms with Crippen LogP contribution in [-0.2, 0) is 13.2 Å². The van der Waals surface area contributed by atoms with E-state index in [-0.39, 0.29) is 0 Å². The number of benzene rings is 1. The van der Waals surface area contributed by atoms with Gasteiger partial charge in [0, 0.05) is 12.7 Å². The number of ether oxygens (including phenoxy) is 1. The summed E-state index contributed by atoms with van der Waals surface area (Å²) in [7, 11) is 1.93. The van der Waals surface area contributed by atoms with Crippen LogP contribution in [0.25, 0.3) is 0 Å². The van der Waals surface area contributed by atoms with Gasteiger partial charge in [0.1, 0.15) is 12.4 Å². The Hall–Kier alpha value is -1.87. The zero-order chi connectivity index (χ0) is 14.4. The van der Waals surface area contributed by atoms with Crippen molar-refractivity contribution in [1.29, 1.82) is 0 Å². The van der Waals surface area contributed by atoms with Gasteiger partial charge in [0.25, 0.3) is 0 Å².